The molecule has 0 atom stereocenters. The molecule has 1 aliphatic heterocycles. The molecule has 0 bridgehead atoms. The number of nitrogens with one attached hydrogen (secondary N) is 2. The van der Waals surface area contributed by atoms with Crippen LogP contribution < -0.4 is 10.6 Å². The molecular formula is C25H34N4O3. The van der Waals surface area contributed by atoms with E-state index in [2.05, 4.69) is 29.4 Å². The van der Waals surface area contributed by atoms with Gasteiger partial charge in [0.1, 0.15) is 5.69 Å². The summed E-state index contributed by atoms with van der Waals surface area (Å²) in [6.45, 7) is 8.16. The molecule has 0 unspecified atom stereocenters. The SMILES string of the molecule is CC(C)c1ccc(NC(=O)c2ccc(NCCCN3CCCCCC3)c([N+](=O)[O-])c2)cc1. The molecule has 1 amide bonds. The summed E-state index contributed by atoms with van der Waals surface area (Å²) in [5.74, 6) is 0.0462. The van der Waals surface area contributed by atoms with Crippen molar-refractivity contribution in [1.82, 2.24) is 4.90 Å². The van der Waals surface area contributed by atoms with Gasteiger partial charge in [-0.2, -0.15) is 0 Å². The molecule has 0 aliphatic carbocycles. The van der Waals surface area contributed by atoms with Crippen LogP contribution in [0.5, 0.6) is 0 Å². The molecule has 7 nitrogen and oxygen atoms in total. The highest BCUT2D eigenvalue weighted by atomic mass is 16.6. The molecular weight excluding hydrogens is 404 g/mol. The van der Waals surface area contributed by atoms with Crippen LogP contribution in [0.4, 0.5) is 17.1 Å². The fourth-order valence-electron chi connectivity index (χ4n) is 4.01. The summed E-state index contributed by atoms with van der Waals surface area (Å²) in [6, 6.07) is 12.2. The lowest BCUT2D eigenvalue weighted by atomic mass is 10.0. The second-order valence-corrected chi connectivity index (χ2v) is 8.76. The normalized spacial score (nSPS) is 14.7. The highest BCUT2D eigenvalue weighted by molar-refractivity contribution is 6.05. The van der Waals surface area contributed by atoms with Crippen LogP contribution in [0, 0.1) is 10.1 Å². The van der Waals surface area contributed by atoms with Crippen LogP contribution >= 0.6 is 0 Å². The predicted octanol–water partition coefficient (Wildman–Crippen LogP) is 5.65. The van der Waals surface area contributed by atoms with Crippen LogP contribution in [-0.2, 0) is 0 Å². The topological polar surface area (TPSA) is 87.5 Å². The number of nitro benzene ring substituents is 1. The lowest BCUT2D eigenvalue weighted by molar-refractivity contribution is -0.384. The molecule has 0 saturated carbocycles. The number of hydrogen-bond donors (Lipinski definition) is 2. The second kappa shape index (κ2) is 11.6. The minimum Gasteiger partial charge on any atom is -0.379 e. The van der Waals surface area contributed by atoms with Gasteiger partial charge in [0.05, 0.1) is 4.92 Å². The first kappa shape index (κ1) is 23.7. The van der Waals surface area contributed by atoms with Gasteiger partial charge in [0.2, 0.25) is 0 Å². The summed E-state index contributed by atoms with van der Waals surface area (Å²) >= 11 is 0. The van der Waals surface area contributed by atoms with Gasteiger partial charge in [-0.15, -0.1) is 0 Å². The Morgan fingerprint density at radius 1 is 1.06 bits per heavy atom. The van der Waals surface area contributed by atoms with Crippen molar-refractivity contribution in [2.75, 3.05) is 36.8 Å². The minimum atomic E-state index is -0.439. The van der Waals surface area contributed by atoms with Gasteiger partial charge >= 0.3 is 0 Å². The molecule has 2 N–H and O–H groups in total. The van der Waals surface area contributed by atoms with E-state index in [1.807, 2.05) is 24.3 Å². The van der Waals surface area contributed by atoms with Crippen molar-refractivity contribution in [3.63, 3.8) is 0 Å². The van der Waals surface area contributed by atoms with Crippen LogP contribution in [0.25, 0.3) is 0 Å². The van der Waals surface area contributed by atoms with Gasteiger partial charge in [0.25, 0.3) is 11.6 Å². The lowest BCUT2D eigenvalue weighted by Crippen LogP contribution is -2.27. The van der Waals surface area contributed by atoms with Gasteiger partial charge in [0.15, 0.2) is 0 Å². The molecule has 0 spiro atoms. The molecule has 0 radical (unpaired) electrons. The standard InChI is InChI=1S/C25H34N4O3/c1-19(2)20-8-11-22(12-9-20)27-25(30)21-10-13-23(24(18-21)29(31)32)26-14-7-17-28-15-5-3-4-6-16-28/h8-13,18-19,26H,3-7,14-17H2,1-2H3,(H,27,30). The lowest BCUT2D eigenvalue weighted by Gasteiger charge is -2.19. The smallest absolute Gasteiger partial charge is 0.293 e. The number of hydrogen-bond acceptors (Lipinski definition) is 5. The van der Waals surface area contributed by atoms with Crippen molar-refractivity contribution in [3.8, 4) is 0 Å². The quantitative estimate of drug-likeness (QED) is 0.300. The van der Waals surface area contributed by atoms with E-state index >= 15 is 0 Å². The number of nitrogens with zero attached hydrogens (tertiary/aromatic N) is 2. The van der Waals surface area contributed by atoms with E-state index in [1.165, 1.54) is 37.3 Å². The Hall–Kier alpha value is -2.93. The zero-order chi connectivity index (χ0) is 22.9. The Morgan fingerprint density at radius 3 is 2.38 bits per heavy atom. The monoisotopic (exact) mass is 438 g/mol. The van der Waals surface area contributed by atoms with E-state index in [0.29, 0.717) is 23.8 Å². The predicted molar refractivity (Wildman–Crippen MR) is 130 cm³/mol. The minimum absolute atomic E-state index is 0.0809. The number of carbonyl (C=O) groups excluding carboxylic acids is 1. The third kappa shape index (κ3) is 6.79. The fraction of sp³-hybridized carbons (Fsp3) is 0.480. The van der Waals surface area contributed by atoms with Crippen LogP contribution in [0.2, 0.25) is 0 Å². The van der Waals surface area contributed by atoms with Gasteiger partial charge in [-0.1, -0.05) is 38.8 Å². The number of amides is 1. The molecule has 2 aromatic carbocycles. The van der Waals surface area contributed by atoms with Gasteiger partial charge in [-0.25, -0.2) is 0 Å². The number of rotatable bonds is 9. The number of nitro groups is 1. The largest absolute Gasteiger partial charge is 0.379 e. The molecule has 1 heterocycles. The van der Waals surface area contributed by atoms with Crippen molar-refractivity contribution in [2.45, 2.75) is 51.9 Å². The first-order valence-electron chi connectivity index (χ1n) is 11.6. The first-order chi connectivity index (χ1) is 15.4. The van der Waals surface area contributed by atoms with Crippen LogP contribution in [0.3, 0.4) is 0 Å². The van der Waals surface area contributed by atoms with Crippen molar-refractivity contribution in [1.29, 1.82) is 0 Å². The first-order valence-corrected chi connectivity index (χ1v) is 11.6. The van der Waals surface area contributed by atoms with Gasteiger partial charge in [0, 0.05) is 23.9 Å². The van der Waals surface area contributed by atoms with Crippen molar-refractivity contribution >= 4 is 23.0 Å². The van der Waals surface area contributed by atoms with Crippen molar-refractivity contribution in [2.24, 2.45) is 0 Å². The third-order valence-corrected chi connectivity index (χ3v) is 5.96. The number of likely N-dealkylation sites (tertiary alicyclic amines) is 1. The van der Waals surface area contributed by atoms with Gasteiger partial charge in [-0.05, 0) is 74.6 Å². The Kier molecular flexibility index (Phi) is 8.62. The van der Waals surface area contributed by atoms with E-state index in [4.69, 9.17) is 0 Å². The molecule has 7 heteroatoms. The molecule has 2 aromatic rings. The molecule has 3 rings (SSSR count). The summed E-state index contributed by atoms with van der Waals surface area (Å²) in [4.78, 5) is 26.3. The Morgan fingerprint density at radius 2 is 1.75 bits per heavy atom. The van der Waals surface area contributed by atoms with E-state index < -0.39 is 4.92 Å². The van der Waals surface area contributed by atoms with Crippen LogP contribution in [0.1, 0.15) is 67.8 Å². The van der Waals surface area contributed by atoms with Crippen molar-refractivity contribution in [3.05, 3.63) is 63.7 Å². The molecule has 1 saturated heterocycles. The Labute approximate surface area is 190 Å². The zero-order valence-corrected chi connectivity index (χ0v) is 19.1. The molecule has 0 aromatic heterocycles. The summed E-state index contributed by atoms with van der Waals surface area (Å²) in [5.41, 5.74) is 2.48. The third-order valence-electron chi connectivity index (χ3n) is 5.96. The highest BCUT2D eigenvalue weighted by Crippen LogP contribution is 2.26. The van der Waals surface area contributed by atoms with E-state index in [-0.39, 0.29) is 17.2 Å². The molecule has 32 heavy (non-hydrogen) atoms. The molecule has 1 aliphatic rings. The average Bonchev–Trinajstić information content (AvgIpc) is 3.06. The number of benzene rings is 2. The summed E-state index contributed by atoms with van der Waals surface area (Å²) in [7, 11) is 0. The number of carbonyl (C=O) groups is 1. The summed E-state index contributed by atoms with van der Waals surface area (Å²) < 4.78 is 0. The summed E-state index contributed by atoms with van der Waals surface area (Å²) in [6.07, 6.45) is 6.05. The van der Waals surface area contributed by atoms with E-state index in [1.54, 1.807) is 12.1 Å². The maximum Gasteiger partial charge on any atom is 0.293 e. The number of anilines is 2. The van der Waals surface area contributed by atoms with Gasteiger partial charge in [-0.3, -0.25) is 14.9 Å². The Bertz CT molecular complexity index is 904. The molecule has 1 fully saturated rings. The van der Waals surface area contributed by atoms with Gasteiger partial charge < -0.3 is 15.5 Å². The maximum atomic E-state index is 12.6. The van der Waals surface area contributed by atoms with E-state index in [0.717, 1.165) is 26.1 Å². The second-order valence-electron chi connectivity index (χ2n) is 8.76. The maximum absolute atomic E-state index is 12.6. The zero-order valence-electron chi connectivity index (χ0n) is 19.1. The average molecular weight is 439 g/mol. The highest BCUT2D eigenvalue weighted by Gasteiger charge is 2.18. The van der Waals surface area contributed by atoms with Crippen LogP contribution in [-0.4, -0.2) is 41.9 Å². The van der Waals surface area contributed by atoms with Crippen molar-refractivity contribution < 1.29 is 9.72 Å². The fourth-order valence-corrected chi connectivity index (χ4v) is 4.01. The van der Waals surface area contributed by atoms with E-state index in [9.17, 15) is 14.9 Å². The Balaban J connectivity index is 1.58. The molecule has 172 valence electrons. The van der Waals surface area contributed by atoms with Crippen LogP contribution in [0.15, 0.2) is 42.5 Å². The summed E-state index contributed by atoms with van der Waals surface area (Å²) in [5, 5.41) is 17.6.